The Morgan fingerprint density at radius 1 is 0.679 bits per heavy atom. The minimum Gasteiger partial charge on any atom is -0.449 e. The molecule has 0 unspecified atom stereocenters. The minimum absolute atomic E-state index is 0.0280. The molecule has 0 aromatic heterocycles. The second-order valence-electron chi connectivity index (χ2n) is 14.8. The maximum absolute atomic E-state index is 14.4. The van der Waals surface area contributed by atoms with Gasteiger partial charge in [0.2, 0.25) is 11.8 Å². The van der Waals surface area contributed by atoms with E-state index in [-0.39, 0.29) is 25.6 Å². The average Bonchev–Trinajstić information content (AvgIpc) is 3.52. The first kappa shape index (κ1) is 39.3. The summed E-state index contributed by atoms with van der Waals surface area (Å²) in [5.41, 5.74) is 4.86. The highest BCUT2D eigenvalue weighted by molar-refractivity contribution is 5.91. The molecule has 0 heterocycles. The zero-order valence-electron chi connectivity index (χ0n) is 32.2. The Kier molecular flexibility index (Phi) is 12.2. The van der Waals surface area contributed by atoms with Crippen LogP contribution in [-0.4, -0.2) is 67.3 Å². The summed E-state index contributed by atoms with van der Waals surface area (Å²) in [6, 6.07) is 43.5. The lowest BCUT2D eigenvalue weighted by atomic mass is 9.77. The van der Waals surface area contributed by atoms with E-state index in [4.69, 9.17) is 9.47 Å². The maximum atomic E-state index is 14.4. The number of benzene rings is 5. The summed E-state index contributed by atoms with van der Waals surface area (Å²) in [5, 5.41) is 8.73. The van der Waals surface area contributed by atoms with Crippen molar-refractivity contribution in [1.82, 2.24) is 20.9 Å². The van der Waals surface area contributed by atoms with Crippen LogP contribution in [0.5, 0.6) is 0 Å². The Balaban J connectivity index is 1.23. The van der Waals surface area contributed by atoms with Crippen LogP contribution in [0.4, 0.5) is 9.59 Å². The van der Waals surface area contributed by atoms with Crippen molar-refractivity contribution in [3.63, 3.8) is 0 Å². The summed E-state index contributed by atoms with van der Waals surface area (Å²) in [5.74, 6) is -1.31. The summed E-state index contributed by atoms with van der Waals surface area (Å²) in [4.78, 5) is 55.7. The van der Waals surface area contributed by atoms with Gasteiger partial charge in [-0.1, -0.05) is 140 Å². The standard InChI is InChI=1S/C46H48N4O6/c1-45(2,3)56-44(54)50(4)29-28-47-42(52)40(48-43(53)55-31-39-37-26-16-14-24-35(37)36-25-15-17-27-38(36)39)30-41(51)49-46(32-18-8-5-9-19-32,33-20-10-6-11-21-33)34-22-12-7-13-23-34/h5-27,39-40H,28-31H2,1-4H3,(H,47,52)(H,48,53)(H,49,51)/t40-/m1/s1. The average molecular weight is 753 g/mol. The number of nitrogens with one attached hydrogen (secondary N) is 3. The van der Waals surface area contributed by atoms with E-state index in [0.717, 1.165) is 38.9 Å². The van der Waals surface area contributed by atoms with Gasteiger partial charge in [-0.25, -0.2) is 9.59 Å². The third kappa shape index (κ3) is 9.09. The molecule has 56 heavy (non-hydrogen) atoms. The topological polar surface area (TPSA) is 126 Å². The molecule has 0 saturated heterocycles. The molecular formula is C46H48N4O6. The number of carbonyl (C=O) groups excluding carboxylic acids is 4. The molecule has 1 atom stereocenters. The maximum Gasteiger partial charge on any atom is 0.410 e. The zero-order valence-corrected chi connectivity index (χ0v) is 32.2. The lowest BCUT2D eigenvalue weighted by molar-refractivity contribution is -0.128. The van der Waals surface area contributed by atoms with Crippen LogP contribution in [-0.2, 0) is 24.6 Å². The fourth-order valence-corrected chi connectivity index (χ4v) is 7.12. The molecule has 1 aliphatic carbocycles. The first-order valence-electron chi connectivity index (χ1n) is 18.8. The van der Waals surface area contributed by atoms with Gasteiger partial charge in [0.25, 0.3) is 0 Å². The highest BCUT2D eigenvalue weighted by Crippen LogP contribution is 2.44. The highest BCUT2D eigenvalue weighted by atomic mass is 16.6. The van der Waals surface area contributed by atoms with Crippen LogP contribution in [0.2, 0.25) is 0 Å². The molecule has 6 rings (SSSR count). The smallest absolute Gasteiger partial charge is 0.410 e. The van der Waals surface area contributed by atoms with Gasteiger partial charge in [0, 0.05) is 26.1 Å². The largest absolute Gasteiger partial charge is 0.449 e. The number of hydrogen-bond acceptors (Lipinski definition) is 6. The second-order valence-corrected chi connectivity index (χ2v) is 14.8. The van der Waals surface area contributed by atoms with Crippen LogP contribution in [0.3, 0.4) is 0 Å². The van der Waals surface area contributed by atoms with Crippen molar-refractivity contribution in [2.75, 3.05) is 26.7 Å². The molecule has 288 valence electrons. The van der Waals surface area contributed by atoms with E-state index in [1.165, 1.54) is 4.90 Å². The summed E-state index contributed by atoms with van der Waals surface area (Å²) in [6.07, 6.45) is -1.80. The van der Waals surface area contributed by atoms with Crippen LogP contribution >= 0.6 is 0 Å². The quantitative estimate of drug-likeness (QED) is 0.108. The SMILES string of the molecule is CN(CCNC(=O)[C@@H](CC(=O)NC(c1ccccc1)(c1ccccc1)c1ccccc1)NC(=O)OCC1c2ccccc2-c2ccccc21)C(=O)OC(C)(C)C. The normalized spacial score (nSPS) is 12.7. The van der Waals surface area contributed by atoms with Gasteiger partial charge in [0.05, 0.1) is 6.42 Å². The van der Waals surface area contributed by atoms with Crippen LogP contribution in [0.1, 0.15) is 60.9 Å². The van der Waals surface area contributed by atoms with E-state index in [0.29, 0.717) is 0 Å². The van der Waals surface area contributed by atoms with Crippen LogP contribution in [0, 0.1) is 0 Å². The fourth-order valence-electron chi connectivity index (χ4n) is 7.12. The number of nitrogens with zero attached hydrogens (tertiary/aromatic N) is 1. The third-order valence-corrected chi connectivity index (χ3v) is 9.74. The molecule has 3 N–H and O–H groups in total. The molecule has 0 fully saturated rings. The van der Waals surface area contributed by atoms with Crippen LogP contribution < -0.4 is 16.0 Å². The van der Waals surface area contributed by atoms with Crippen LogP contribution in [0.15, 0.2) is 140 Å². The van der Waals surface area contributed by atoms with Gasteiger partial charge in [-0.3, -0.25) is 9.59 Å². The van der Waals surface area contributed by atoms with E-state index in [2.05, 4.69) is 16.0 Å². The Bertz CT molecular complexity index is 1990. The van der Waals surface area contributed by atoms with Crippen molar-refractivity contribution < 1.29 is 28.7 Å². The molecule has 0 spiro atoms. The fraction of sp³-hybridized carbons (Fsp3) is 0.261. The minimum atomic E-state index is -1.32. The Hall–Kier alpha value is -6.42. The van der Waals surface area contributed by atoms with Gasteiger partial charge < -0.3 is 30.3 Å². The van der Waals surface area contributed by atoms with E-state index in [9.17, 15) is 19.2 Å². The number of ether oxygens (including phenoxy) is 2. The molecule has 1 aliphatic rings. The molecule has 5 aromatic rings. The van der Waals surface area contributed by atoms with Gasteiger partial charge in [0.15, 0.2) is 0 Å². The first-order valence-corrected chi connectivity index (χ1v) is 18.8. The molecule has 10 nitrogen and oxygen atoms in total. The van der Waals surface area contributed by atoms with Crippen molar-refractivity contribution >= 4 is 24.0 Å². The summed E-state index contributed by atoms with van der Waals surface area (Å²) >= 11 is 0. The number of likely N-dealkylation sites (N-methyl/N-ethyl adjacent to an activating group) is 1. The predicted molar refractivity (Wildman–Crippen MR) is 216 cm³/mol. The Morgan fingerprint density at radius 2 is 1.14 bits per heavy atom. The van der Waals surface area contributed by atoms with E-state index < -0.39 is 47.6 Å². The number of carbonyl (C=O) groups is 4. The first-order chi connectivity index (χ1) is 27.0. The molecule has 0 saturated carbocycles. The van der Waals surface area contributed by atoms with Crippen molar-refractivity contribution in [3.05, 3.63) is 167 Å². The lowest BCUT2D eigenvalue weighted by Crippen LogP contribution is -2.53. The summed E-state index contributed by atoms with van der Waals surface area (Å²) in [6.45, 7) is 5.51. The van der Waals surface area contributed by atoms with E-state index in [1.807, 2.05) is 140 Å². The zero-order chi connectivity index (χ0) is 39.7. The molecule has 5 aromatic carbocycles. The van der Waals surface area contributed by atoms with E-state index >= 15 is 0 Å². The lowest BCUT2D eigenvalue weighted by Gasteiger charge is -2.37. The molecular weight excluding hydrogens is 705 g/mol. The van der Waals surface area contributed by atoms with Gasteiger partial charge >= 0.3 is 12.2 Å². The molecule has 0 aliphatic heterocycles. The highest BCUT2D eigenvalue weighted by Gasteiger charge is 2.39. The number of fused-ring (bicyclic) bond motifs is 3. The monoisotopic (exact) mass is 752 g/mol. The van der Waals surface area contributed by atoms with Crippen LogP contribution in [0.25, 0.3) is 11.1 Å². The Labute approximate surface area is 328 Å². The summed E-state index contributed by atoms with van der Waals surface area (Å²) < 4.78 is 11.2. The van der Waals surface area contributed by atoms with Crippen molar-refractivity contribution in [3.8, 4) is 11.1 Å². The van der Waals surface area contributed by atoms with E-state index in [1.54, 1.807) is 27.8 Å². The number of hydrogen-bond donors (Lipinski definition) is 3. The van der Waals surface area contributed by atoms with Gasteiger partial charge in [-0.05, 0) is 59.7 Å². The number of alkyl carbamates (subject to hydrolysis) is 1. The molecule has 0 radical (unpaired) electrons. The predicted octanol–water partition coefficient (Wildman–Crippen LogP) is 7.38. The number of amides is 4. The second kappa shape index (κ2) is 17.4. The molecule has 10 heteroatoms. The summed E-state index contributed by atoms with van der Waals surface area (Å²) in [7, 11) is 1.57. The Morgan fingerprint density at radius 3 is 1.62 bits per heavy atom. The van der Waals surface area contributed by atoms with Crippen molar-refractivity contribution in [2.24, 2.45) is 0 Å². The van der Waals surface area contributed by atoms with Crippen molar-refractivity contribution in [1.29, 1.82) is 0 Å². The molecule has 0 bridgehead atoms. The van der Waals surface area contributed by atoms with Crippen molar-refractivity contribution in [2.45, 2.75) is 50.3 Å². The molecule has 4 amide bonds. The van der Waals surface area contributed by atoms with Gasteiger partial charge in [0.1, 0.15) is 23.8 Å². The third-order valence-electron chi connectivity index (χ3n) is 9.74. The van der Waals surface area contributed by atoms with Gasteiger partial charge in [-0.2, -0.15) is 0 Å². The number of rotatable bonds is 13. The van der Waals surface area contributed by atoms with Gasteiger partial charge in [-0.15, -0.1) is 0 Å².